The maximum Gasteiger partial charge on any atom is 0.148 e. The summed E-state index contributed by atoms with van der Waals surface area (Å²) in [4.78, 5) is 0. The van der Waals surface area contributed by atoms with Crippen molar-refractivity contribution in [3.63, 3.8) is 0 Å². The standard InChI is InChI=1S/C9H15N3O/c1-7-8(4-6-13-7)10-9-3-5-12(2)11-9/h3,5,7-8H,4,6H2,1-2H3,(H,10,11)/t7-,8-/m0/s1. The van der Waals surface area contributed by atoms with Crippen LogP contribution in [0, 0.1) is 0 Å². The molecule has 0 saturated carbocycles. The van der Waals surface area contributed by atoms with Crippen LogP contribution >= 0.6 is 0 Å². The first kappa shape index (κ1) is 8.56. The number of aryl methyl sites for hydroxylation is 1. The second-order valence-electron chi connectivity index (χ2n) is 3.49. The summed E-state index contributed by atoms with van der Waals surface area (Å²) in [5.74, 6) is 0.935. The van der Waals surface area contributed by atoms with Crippen LogP contribution < -0.4 is 5.32 Å². The van der Waals surface area contributed by atoms with Gasteiger partial charge >= 0.3 is 0 Å². The van der Waals surface area contributed by atoms with E-state index in [-0.39, 0.29) is 0 Å². The van der Waals surface area contributed by atoms with Crippen LogP contribution in [0.25, 0.3) is 0 Å². The number of nitrogens with zero attached hydrogens (tertiary/aromatic N) is 2. The summed E-state index contributed by atoms with van der Waals surface area (Å²) in [5, 5.41) is 7.61. The summed E-state index contributed by atoms with van der Waals surface area (Å²) in [7, 11) is 1.92. The highest BCUT2D eigenvalue weighted by molar-refractivity contribution is 5.34. The summed E-state index contributed by atoms with van der Waals surface area (Å²) in [6, 6.07) is 2.39. The van der Waals surface area contributed by atoms with Crippen LogP contribution in [0.4, 0.5) is 5.82 Å². The number of hydrogen-bond donors (Lipinski definition) is 1. The van der Waals surface area contributed by atoms with Crippen LogP contribution in [0.3, 0.4) is 0 Å². The van der Waals surface area contributed by atoms with Gasteiger partial charge in [-0.25, -0.2) is 0 Å². The van der Waals surface area contributed by atoms with Crippen LogP contribution in [-0.4, -0.2) is 28.5 Å². The molecule has 0 unspecified atom stereocenters. The van der Waals surface area contributed by atoms with E-state index < -0.39 is 0 Å². The lowest BCUT2D eigenvalue weighted by molar-refractivity contribution is 0.121. The minimum absolute atomic E-state index is 0.294. The fourth-order valence-electron chi connectivity index (χ4n) is 1.60. The van der Waals surface area contributed by atoms with E-state index in [0.29, 0.717) is 12.1 Å². The van der Waals surface area contributed by atoms with Gasteiger partial charge in [-0.2, -0.15) is 5.10 Å². The van der Waals surface area contributed by atoms with Gasteiger partial charge in [-0.05, 0) is 13.3 Å². The minimum Gasteiger partial charge on any atom is -0.376 e. The molecule has 13 heavy (non-hydrogen) atoms. The van der Waals surface area contributed by atoms with Crippen LogP contribution in [0.15, 0.2) is 12.3 Å². The molecular weight excluding hydrogens is 166 g/mol. The van der Waals surface area contributed by atoms with Crippen molar-refractivity contribution in [3.8, 4) is 0 Å². The number of nitrogens with one attached hydrogen (secondary N) is 1. The molecule has 1 aromatic rings. The van der Waals surface area contributed by atoms with Gasteiger partial charge in [0, 0.05) is 25.9 Å². The molecule has 0 amide bonds. The van der Waals surface area contributed by atoms with E-state index in [2.05, 4.69) is 17.3 Å². The lowest BCUT2D eigenvalue weighted by atomic mass is 10.1. The molecule has 2 rings (SSSR count). The zero-order valence-electron chi connectivity index (χ0n) is 8.03. The van der Waals surface area contributed by atoms with E-state index in [1.165, 1.54) is 0 Å². The predicted molar refractivity (Wildman–Crippen MR) is 50.6 cm³/mol. The fourth-order valence-corrected chi connectivity index (χ4v) is 1.60. The normalized spacial score (nSPS) is 27.8. The number of hydrogen-bond acceptors (Lipinski definition) is 3. The lowest BCUT2D eigenvalue weighted by Gasteiger charge is -2.14. The Balaban J connectivity index is 1.97. The van der Waals surface area contributed by atoms with E-state index in [4.69, 9.17) is 4.74 Å². The molecule has 1 aromatic heterocycles. The molecule has 0 spiro atoms. The first-order valence-electron chi connectivity index (χ1n) is 4.63. The second kappa shape index (κ2) is 3.38. The topological polar surface area (TPSA) is 39.1 Å². The van der Waals surface area contributed by atoms with Gasteiger partial charge in [0.1, 0.15) is 5.82 Å². The van der Waals surface area contributed by atoms with Crippen molar-refractivity contribution < 1.29 is 4.74 Å². The average molecular weight is 181 g/mol. The van der Waals surface area contributed by atoms with E-state index in [9.17, 15) is 0 Å². The van der Waals surface area contributed by atoms with E-state index in [1.807, 2.05) is 19.3 Å². The van der Waals surface area contributed by atoms with Gasteiger partial charge in [-0.3, -0.25) is 4.68 Å². The van der Waals surface area contributed by atoms with Crippen molar-refractivity contribution >= 4 is 5.82 Å². The number of aromatic nitrogens is 2. The second-order valence-corrected chi connectivity index (χ2v) is 3.49. The van der Waals surface area contributed by atoms with Crippen molar-refractivity contribution in [1.29, 1.82) is 0 Å². The summed E-state index contributed by atoms with van der Waals surface area (Å²) in [6.45, 7) is 2.94. The Bertz CT molecular complexity index is 284. The Morgan fingerprint density at radius 1 is 1.69 bits per heavy atom. The molecule has 0 bridgehead atoms. The molecule has 1 N–H and O–H groups in total. The highest BCUT2D eigenvalue weighted by atomic mass is 16.5. The summed E-state index contributed by atoms with van der Waals surface area (Å²) >= 11 is 0. The van der Waals surface area contributed by atoms with Crippen LogP contribution in [-0.2, 0) is 11.8 Å². The first-order chi connectivity index (χ1) is 6.25. The highest BCUT2D eigenvalue weighted by Gasteiger charge is 2.24. The van der Waals surface area contributed by atoms with E-state index in [1.54, 1.807) is 4.68 Å². The molecule has 1 aliphatic heterocycles. The van der Waals surface area contributed by atoms with E-state index in [0.717, 1.165) is 18.8 Å². The Morgan fingerprint density at radius 2 is 2.54 bits per heavy atom. The molecule has 0 aromatic carbocycles. The lowest BCUT2D eigenvalue weighted by Crippen LogP contribution is -2.26. The third kappa shape index (κ3) is 1.83. The zero-order chi connectivity index (χ0) is 9.26. The molecule has 2 atom stereocenters. The monoisotopic (exact) mass is 181 g/mol. The van der Waals surface area contributed by atoms with Crippen molar-refractivity contribution in [2.75, 3.05) is 11.9 Å². The maximum absolute atomic E-state index is 5.45. The van der Waals surface area contributed by atoms with Crippen molar-refractivity contribution in [2.24, 2.45) is 7.05 Å². The highest BCUT2D eigenvalue weighted by Crippen LogP contribution is 2.17. The van der Waals surface area contributed by atoms with Gasteiger partial charge in [0.25, 0.3) is 0 Å². The van der Waals surface area contributed by atoms with Crippen LogP contribution in [0.5, 0.6) is 0 Å². The molecule has 1 aliphatic rings. The zero-order valence-corrected chi connectivity index (χ0v) is 8.03. The molecule has 72 valence electrons. The molecule has 0 aliphatic carbocycles. The van der Waals surface area contributed by atoms with Gasteiger partial charge in [0.15, 0.2) is 0 Å². The number of ether oxygens (including phenoxy) is 1. The van der Waals surface area contributed by atoms with Gasteiger partial charge in [-0.15, -0.1) is 0 Å². The third-order valence-corrected chi connectivity index (χ3v) is 2.42. The molecule has 1 fully saturated rings. The third-order valence-electron chi connectivity index (χ3n) is 2.42. The quantitative estimate of drug-likeness (QED) is 0.740. The van der Waals surface area contributed by atoms with Gasteiger partial charge in [0.05, 0.1) is 12.1 Å². The Morgan fingerprint density at radius 3 is 3.08 bits per heavy atom. The van der Waals surface area contributed by atoms with Crippen molar-refractivity contribution in [1.82, 2.24) is 9.78 Å². The summed E-state index contributed by atoms with van der Waals surface area (Å²) in [6.07, 6.45) is 3.29. The molecule has 1 saturated heterocycles. The number of rotatable bonds is 2. The minimum atomic E-state index is 0.294. The Kier molecular flexibility index (Phi) is 2.22. The van der Waals surface area contributed by atoms with Gasteiger partial charge in [0.2, 0.25) is 0 Å². The summed E-state index contributed by atoms with van der Waals surface area (Å²) < 4.78 is 7.24. The van der Waals surface area contributed by atoms with Gasteiger partial charge in [-0.1, -0.05) is 0 Å². The smallest absolute Gasteiger partial charge is 0.148 e. The van der Waals surface area contributed by atoms with Crippen molar-refractivity contribution in [3.05, 3.63) is 12.3 Å². The van der Waals surface area contributed by atoms with E-state index >= 15 is 0 Å². The first-order valence-corrected chi connectivity index (χ1v) is 4.63. The molecule has 2 heterocycles. The molecular formula is C9H15N3O. The summed E-state index contributed by atoms with van der Waals surface area (Å²) in [5.41, 5.74) is 0. The number of anilines is 1. The molecule has 0 radical (unpaired) electrons. The largest absolute Gasteiger partial charge is 0.376 e. The predicted octanol–water partition coefficient (Wildman–Crippen LogP) is 1.01. The maximum atomic E-state index is 5.45. The van der Waals surface area contributed by atoms with Crippen LogP contribution in [0.2, 0.25) is 0 Å². The Hall–Kier alpha value is -1.03. The average Bonchev–Trinajstić information content (AvgIpc) is 2.64. The van der Waals surface area contributed by atoms with Crippen molar-refractivity contribution in [2.45, 2.75) is 25.5 Å². The molecule has 4 nitrogen and oxygen atoms in total. The fraction of sp³-hybridized carbons (Fsp3) is 0.667. The van der Waals surface area contributed by atoms with Gasteiger partial charge < -0.3 is 10.1 Å². The molecule has 4 heteroatoms. The Labute approximate surface area is 77.9 Å². The van der Waals surface area contributed by atoms with Crippen LogP contribution in [0.1, 0.15) is 13.3 Å². The SMILES string of the molecule is C[C@@H]1OCC[C@@H]1Nc1ccn(C)n1.